The third kappa shape index (κ3) is 4.17. The molecule has 11 heteroatoms. The van der Waals surface area contributed by atoms with E-state index in [1.165, 1.54) is 53.2 Å². The Kier molecular flexibility index (Phi) is 5.14. The molecule has 2 amide bonds. The van der Waals surface area contributed by atoms with Gasteiger partial charge in [0, 0.05) is 5.56 Å². The second kappa shape index (κ2) is 7.38. The number of primary amides is 1. The highest BCUT2D eigenvalue weighted by atomic mass is 32.2. The van der Waals surface area contributed by atoms with E-state index in [1.54, 1.807) is 6.07 Å². The predicted molar refractivity (Wildman–Crippen MR) is 97.2 cm³/mol. The van der Waals surface area contributed by atoms with Crippen molar-refractivity contribution in [2.75, 3.05) is 0 Å². The zero-order valence-electron chi connectivity index (χ0n) is 14.4. The number of primary sulfonamides is 1. The molecule has 0 saturated heterocycles. The normalized spacial score (nSPS) is 11.4. The molecule has 3 rings (SSSR count). The first-order valence-corrected chi connectivity index (χ1v) is 9.44. The summed E-state index contributed by atoms with van der Waals surface area (Å²) in [6.45, 7) is -0.272. The Labute approximate surface area is 159 Å². The summed E-state index contributed by atoms with van der Waals surface area (Å²) in [5.41, 5.74) is 6.94. The van der Waals surface area contributed by atoms with E-state index < -0.39 is 21.9 Å². The number of sulfonamides is 1. The van der Waals surface area contributed by atoms with Crippen LogP contribution >= 0.6 is 0 Å². The lowest BCUT2D eigenvalue weighted by molar-refractivity contribution is -0.0479. The van der Waals surface area contributed by atoms with Gasteiger partial charge in [0.25, 0.3) is 0 Å². The summed E-state index contributed by atoms with van der Waals surface area (Å²) in [4.78, 5) is 11.0. The Hall–Kier alpha value is -3.28. The maximum atomic E-state index is 13.3. The molecular weight excluding hydrogens is 389 g/mol. The van der Waals surface area contributed by atoms with Crippen molar-refractivity contribution in [1.29, 1.82) is 0 Å². The van der Waals surface area contributed by atoms with Crippen LogP contribution < -0.4 is 10.9 Å². The fraction of sp³-hybridized carbons (Fsp3) is 0.0588. The Morgan fingerprint density at radius 1 is 1.14 bits per heavy atom. The van der Waals surface area contributed by atoms with Crippen LogP contribution in [-0.2, 0) is 16.6 Å². The smallest absolute Gasteiger partial charge is 0.338 e. The maximum Gasteiger partial charge on any atom is 0.338 e. The molecule has 0 radical (unpaired) electrons. The molecule has 1 aromatic heterocycles. The van der Waals surface area contributed by atoms with E-state index in [0.717, 1.165) is 0 Å². The lowest BCUT2D eigenvalue weighted by atomic mass is 10.1. The van der Waals surface area contributed by atoms with Crippen molar-refractivity contribution in [3.05, 3.63) is 66.1 Å². The number of benzene rings is 2. The lowest BCUT2D eigenvalue weighted by Gasteiger charge is -2.09. The van der Waals surface area contributed by atoms with Gasteiger partial charge in [0.1, 0.15) is 5.82 Å². The van der Waals surface area contributed by atoms with Crippen LogP contribution in [0.3, 0.4) is 0 Å². The number of carbonyl (C=O) groups is 1. The summed E-state index contributed by atoms with van der Waals surface area (Å²) in [5.74, 6) is -0.414. The molecule has 1 heterocycles. The van der Waals surface area contributed by atoms with Gasteiger partial charge in [0.2, 0.25) is 10.0 Å². The molecule has 0 atom stereocenters. The molecule has 9 nitrogen and oxygen atoms in total. The number of rotatable bonds is 5. The summed E-state index contributed by atoms with van der Waals surface area (Å²) >= 11 is 0. The van der Waals surface area contributed by atoms with Crippen molar-refractivity contribution in [3.63, 3.8) is 0 Å². The van der Waals surface area contributed by atoms with Crippen LogP contribution in [0.4, 0.5) is 9.18 Å². The number of hydrogen-bond acceptors (Lipinski definition) is 5. The topological polar surface area (TPSA) is 145 Å². The third-order valence-electron chi connectivity index (χ3n) is 3.88. The fourth-order valence-corrected chi connectivity index (χ4v) is 3.05. The van der Waals surface area contributed by atoms with E-state index in [1.807, 2.05) is 0 Å². The minimum absolute atomic E-state index is 0.0674. The molecule has 0 aliphatic rings. The van der Waals surface area contributed by atoms with E-state index in [2.05, 4.69) is 5.10 Å². The average molecular weight is 405 g/mol. The van der Waals surface area contributed by atoms with Crippen LogP contribution in [0, 0.1) is 5.82 Å². The number of aromatic nitrogens is 2. The van der Waals surface area contributed by atoms with Crippen molar-refractivity contribution in [2.24, 2.45) is 10.9 Å². The number of hydrogen-bond donors (Lipinski definition) is 3. The standard InChI is InChI=1S/C17H16FN5O4S/c18-12-3-1-11(2-4-12)16-9-13(10-22(25)17(19)24)21-23(16)14-5-7-15(8-6-14)28(20,26)27/h1-9,25H,10H2,(H2,19,24)(H2,20,26,27). The molecule has 0 aliphatic heterocycles. The van der Waals surface area contributed by atoms with Gasteiger partial charge in [-0.05, 0) is 54.6 Å². The summed E-state index contributed by atoms with van der Waals surface area (Å²) in [6.07, 6.45) is 0. The first-order valence-electron chi connectivity index (χ1n) is 7.89. The quantitative estimate of drug-likeness (QED) is 0.436. The monoisotopic (exact) mass is 405 g/mol. The van der Waals surface area contributed by atoms with E-state index in [4.69, 9.17) is 10.9 Å². The second-order valence-electron chi connectivity index (χ2n) is 5.87. The van der Waals surface area contributed by atoms with Crippen LogP contribution in [0.5, 0.6) is 0 Å². The molecule has 0 spiro atoms. The number of urea groups is 1. The Bertz CT molecular complexity index is 1110. The molecule has 146 valence electrons. The minimum atomic E-state index is -3.85. The van der Waals surface area contributed by atoms with Gasteiger partial charge in [-0.2, -0.15) is 5.10 Å². The first-order chi connectivity index (χ1) is 13.1. The number of amides is 2. The second-order valence-corrected chi connectivity index (χ2v) is 7.44. The fourth-order valence-electron chi connectivity index (χ4n) is 2.54. The summed E-state index contributed by atoms with van der Waals surface area (Å²) in [6, 6.07) is 11.8. The van der Waals surface area contributed by atoms with Gasteiger partial charge in [-0.25, -0.2) is 32.5 Å². The largest absolute Gasteiger partial charge is 0.350 e. The lowest BCUT2D eigenvalue weighted by Crippen LogP contribution is -2.32. The molecule has 0 bridgehead atoms. The van der Waals surface area contributed by atoms with Crippen molar-refractivity contribution >= 4 is 16.1 Å². The van der Waals surface area contributed by atoms with Crippen LogP contribution in [0.15, 0.2) is 59.5 Å². The summed E-state index contributed by atoms with van der Waals surface area (Å²) < 4.78 is 37.6. The van der Waals surface area contributed by atoms with Crippen LogP contribution in [0.2, 0.25) is 0 Å². The number of nitrogens with two attached hydrogens (primary N) is 2. The van der Waals surface area contributed by atoms with Crippen LogP contribution in [0.25, 0.3) is 16.9 Å². The molecule has 0 aliphatic carbocycles. The number of carbonyl (C=O) groups excluding carboxylic acids is 1. The van der Waals surface area contributed by atoms with Gasteiger partial charge in [-0.1, -0.05) is 0 Å². The molecule has 0 fully saturated rings. The summed E-state index contributed by atoms with van der Waals surface area (Å²) in [7, 11) is -3.85. The molecule has 0 saturated carbocycles. The number of nitrogens with zero attached hydrogens (tertiary/aromatic N) is 3. The van der Waals surface area contributed by atoms with Crippen molar-refractivity contribution < 1.29 is 22.8 Å². The maximum absolute atomic E-state index is 13.3. The number of halogens is 1. The predicted octanol–water partition coefficient (Wildman–Crippen LogP) is 1.60. The van der Waals surface area contributed by atoms with Gasteiger partial charge < -0.3 is 5.73 Å². The zero-order valence-corrected chi connectivity index (χ0v) is 15.2. The zero-order chi connectivity index (χ0) is 20.5. The van der Waals surface area contributed by atoms with Crippen LogP contribution in [-0.4, -0.2) is 34.5 Å². The van der Waals surface area contributed by atoms with E-state index in [9.17, 15) is 22.8 Å². The Morgan fingerprint density at radius 3 is 2.29 bits per heavy atom. The highest BCUT2D eigenvalue weighted by Gasteiger charge is 2.16. The minimum Gasteiger partial charge on any atom is -0.350 e. The van der Waals surface area contributed by atoms with Crippen LogP contribution in [0.1, 0.15) is 5.69 Å². The first kappa shape index (κ1) is 19.5. The number of hydroxylamine groups is 2. The van der Waals surface area contributed by atoms with Crippen molar-refractivity contribution in [3.8, 4) is 16.9 Å². The molecule has 2 aromatic carbocycles. The molecule has 28 heavy (non-hydrogen) atoms. The van der Waals surface area contributed by atoms with Gasteiger partial charge in [-0.15, -0.1) is 0 Å². The Balaban J connectivity index is 2.08. The average Bonchev–Trinajstić information content (AvgIpc) is 3.05. The van der Waals surface area contributed by atoms with E-state index in [-0.39, 0.29) is 11.4 Å². The summed E-state index contributed by atoms with van der Waals surface area (Å²) in [5, 5.41) is 19.3. The van der Waals surface area contributed by atoms with Gasteiger partial charge in [0.05, 0.1) is 28.5 Å². The SMILES string of the molecule is NC(=O)N(O)Cc1cc(-c2ccc(F)cc2)n(-c2ccc(S(N)(=O)=O)cc2)n1. The van der Waals surface area contributed by atoms with Gasteiger partial charge >= 0.3 is 6.03 Å². The molecule has 3 aromatic rings. The third-order valence-corrected chi connectivity index (χ3v) is 4.81. The Morgan fingerprint density at radius 2 is 1.75 bits per heavy atom. The van der Waals surface area contributed by atoms with Gasteiger partial charge in [0.15, 0.2) is 0 Å². The molecule has 0 unspecified atom stereocenters. The van der Waals surface area contributed by atoms with Crippen molar-refractivity contribution in [2.45, 2.75) is 11.4 Å². The molecular formula is C17H16FN5O4S. The van der Waals surface area contributed by atoms with E-state index >= 15 is 0 Å². The highest BCUT2D eigenvalue weighted by Crippen LogP contribution is 2.25. The van der Waals surface area contributed by atoms with Gasteiger partial charge in [-0.3, -0.25) is 5.21 Å². The van der Waals surface area contributed by atoms with E-state index in [0.29, 0.717) is 27.7 Å². The van der Waals surface area contributed by atoms with Crippen molar-refractivity contribution in [1.82, 2.24) is 14.8 Å². The molecule has 5 N–H and O–H groups in total. The highest BCUT2D eigenvalue weighted by molar-refractivity contribution is 7.89.